The molecule has 8 heteroatoms. The third-order valence-electron chi connectivity index (χ3n) is 5.44. The van der Waals surface area contributed by atoms with E-state index in [9.17, 15) is 9.60 Å². The van der Waals surface area contributed by atoms with Crippen molar-refractivity contribution in [1.82, 2.24) is 20.2 Å². The Labute approximate surface area is 164 Å². The van der Waals surface area contributed by atoms with Gasteiger partial charge in [0.15, 0.2) is 0 Å². The first-order chi connectivity index (χ1) is 13.6. The highest BCUT2D eigenvalue weighted by atomic mass is 19.1. The number of hydrogen-bond donors (Lipinski definition) is 3. The number of hydrogen-bond acceptors (Lipinski definition) is 6. The lowest BCUT2D eigenvalue weighted by Crippen LogP contribution is -3.05. The molecule has 1 fully saturated rings. The number of likely N-dealkylation sites (tertiary alicyclic amines) is 1. The van der Waals surface area contributed by atoms with Crippen LogP contribution >= 0.6 is 0 Å². The predicted molar refractivity (Wildman–Crippen MR) is 107 cm³/mol. The lowest BCUT2D eigenvalue weighted by molar-refractivity contribution is -0.786. The van der Waals surface area contributed by atoms with E-state index >= 15 is 0 Å². The molecule has 1 atom stereocenters. The fourth-order valence-corrected chi connectivity index (χ4v) is 3.97. The topological polar surface area (TPSA) is 80.6 Å². The van der Waals surface area contributed by atoms with E-state index in [1.807, 2.05) is 6.92 Å². The summed E-state index contributed by atoms with van der Waals surface area (Å²) in [6.45, 7) is 6.85. The molecular weight excluding hydrogens is 359 g/mol. The number of aryl methyl sites for hydroxylation is 1. The molecule has 1 aromatic heterocycles. The van der Waals surface area contributed by atoms with Gasteiger partial charge in [-0.15, -0.1) is 0 Å². The monoisotopic (exact) mass is 386 g/mol. The van der Waals surface area contributed by atoms with Crippen molar-refractivity contribution in [2.75, 3.05) is 38.2 Å². The largest absolute Gasteiger partial charge is 0.627 e. The molecule has 2 aliphatic heterocycles. The van der Waals surface area contributed by atoms with Crippen LogP contribution in [0, 0.1) is 17.9 Å². The Bertz CT molecular complexity index is 840. The number of fused-ring (bicyclic) bond motifs is 1. The molecule has 150 valence electrons. The average molecular weight is 386 g/mol. The maximum Gasteiger partial charge on any atom is 0.237 e. The van der Waals surface area contributed by atoms with Crippen LogP contribution in [-0.4, -0.2) is 47.7 Å². The van der Waals surface area contributed by atoms with E-state index in [0.717, 1.165) is 36.2 Å². The Kier molecular flexibility index (Phi) is 5.82. The second kappa shape index (κ2) is 8.48. The summed E-state index contributed by atoms with van der Waals surface area (Å²) in [6.07, 6.45) is 3.58. The molecule has 3 N–H and O–H groups in total. The molecule has 1 saturated heterocycles. The summed E-state index contributed by atoms with van der Waals surface area (Å²) >= 11 is 0. The van der Waals surface area contributed by atoms with Gasteiger partial charge in [0.25, 0.3) is 0 Å². The predicted octanol–water partition coefficient (Wildman–Crippen LogP) is 1.56. The van der Waals surface area contributed by atoms with Crippen LogP contribution in [0.5, 0.6) is 0 Å². The molecule has 1 aromatic carbocycles. The van der Waals surface area contributed by atoms with Gasteiger partial charge in [-0.1, -0.05) is 0 Å². The number of nitrogens with zero attached hydrogens (tertiary/aromatic N) is 3. The fraction of sp³-hybridized carbons (Fsp3) is 0.500. The van der Waals surface area contributed by atoms with E-state index in [-0.39, 0.29) is 17.5 Å². The smallest absolute Gasteiger partial charge is 0.237 e. The van der Waals surface area contributed by atoms with Gasteiger partial charge in [-0.2, -0.15) is 4.98 Å². The molecule has 28 heavy (non-hydrogen) atoms. The SMILES string of the molecule is Cc1cc(F)ccc1-c1nc(NCCCN2CCCC2)nc2c1CNC[NH+]2[O-]. The zero-order valence-corrected chi connectivity index (χ0v) is 16.2. The zero-order chi connectivity index (χ0) is 19.5. The molecule has 1 unspecified atom stereocenters. The summed E-state index contributed by atoms with van der Waals surface area (Å²) in [5, 5.41) is 18.8. The molecule has 0 spiro atoms. The Balaban J connectivity index is 1.57. The normalized spacial score (nSPS) is 19.6. The molecule has 0 saturated carbocycles. The van der Waals surface area contributed by atoms with Crippen molar-refractivity contribution in [1.29, 1.82) is 0 Å². The van der Waals surface area contributed by atoms with E-state index in [1.54, 1.807) is 6.07 Å². The van der Waals surface area contributed by atoms with Crippen LogP contribution < -0.4 is 15.7 Å². The number of aromatic nitrogens is 2. The maximum absolute atomic E-state index is 13.6. The van der Waals surface area contributed by atoms with Gasteiger partial charge in [-0.3, -0.25) is 5.32 Å². The van der Waals surface area contributed by atoms with Crippen molar-refractivity contribution in [3.05, 3.63) is 40.4 Å². The van der Waals surface area contributed by atoms with Gasteiger partial charge in [-0.25, -0.2) is 9.37 Å². The fourth-order valence-electron chi connectivity index (χ4n) is 3.97. The lowest BCUT2D eigenvalue weighted by Gasteiger charge is -2.29. The van der Waals surface area contributed by atoms with Gasteiger partial charge in [0.2, 0.25) is 11.8 Å². The number of halogens is 1. The summed E-state index contributed by atoms with van der Waals surface area (Å²) in [5.41, 5.74) is 3.11. The number of rotatable bonds is 6. The Morgan fingerprint density at radius 1 is 1.29 bits per heavy atom. The Hall–Kier alpha value is -2.13. The van der Waals surface area contributed by atoms with Crippen LogP contribution in [0.2, 0.25) is 0 Å². The Morgan fingerprint density at radius 2 is 2.11 bits per heavy atom. The number of nitrogens with one attached hydrogen (secondary N) is 3. The summed E-state index contributed by atoms with van der Waals surface area (Å²) in [6, 6.07) is 4.65. The van der Waals surface area contributed by atoms with Crippen molar-refractivity contribution in [2.45, 2.75) is 32.7 Å². The van der Waals surface area contributed by atoms with Crippen molar-refractivity contribution in [3.63, 3.8) is 0 Å². The highest BCUT2D eigenvalue weighted by Gasteiger charge is 2.25. The minimum Gasteiger partial charge on any atom is -0.627 e. The summed E-state index contributed by atoms with van der Waals surface area (Å²) in [4.78, 5) is 11.7. The third kappa shape index (κ3) is 4.15. The first kappa shape index (κ1) is 19.2. The standard InChI is InChI=1S/C20H27FN6O/c1-14-11-15(21)5-6-16(14)18-17-12-22-13-27(28)19(17)25-20(24-18)23-7-4-10-26-8-2-3-9-26/h5-6,11,22,27H,2-4,7-10,12-13H2,1H3,(H,23,24,25). The Morgan fingerprint density at radius 3 is 2.89 bits per heavy atom. The zero-order valence-electron chi connectivity index (χ0n) is 16.2. The second-order valence-corrected chi connectivity index (χ2v) is 7.54. The number of benzene rings is 1. The van der Waals surface area contributed by atoms with Crippen LogP contribution in [-0.2, 0) is 6.54 Å². The van der Waals surface area contributed by atoms with Crippen molar-refractivity contribution < 1.29 is 9.45 Å². The van der Waals surface area contributed by atoms with E-state index in [2.05, 4.69) is 20.5 Å². The highest BCUT2D eigenvalue weighted by molar-refractivity contribution is 5.71. The molecule has 2 aliphatic rings. The molecule has 2 aromatic rings. The molecule has 3 heterocycles. The van der Waals surface area contributed by atoms with E-state index < -0.39 is 0 Å². The van der Waals surface area contributed by atoms with Crippen LogP contribution in [0.25, 0.3) is 11.3 Å². The minimum atomic E-state index is -0.279. The quantitative estimate of drug-likeness (QED) is 0.517. The maximum atomic E-state index is 13.6. The lowest BCUT2D eigenvalue weighted by atomic mass is 10.0. The number of anilines is 1. The van der Waals surface area contributed by atoms with Gasteiger partial charge in [0.05, 0.1) is 11.3 Å². The van der Waals surface area contributed by atoms with Gasteiger partial charge in [0, 0.05) is 18.7 Å². The van der Waals surface area contributed by atoms with Gasteiger partial charge >= 0.3 is 0 Å². The molecule has 0 radical (unpaired) electrons. The molecule has 7 nitrogen and oxygen atoms in total. The van der Waals surface area contributed by atoms with Crippen molar-refractivity contribution >= 4 is 11.8 Å². The summed E-state index contributed by atoms with van der Waals surface area (Å²) < 4.78 is 13.6. The van der Waals surface area contributed by atoms with Crippen LogP contribution in [0.1, 0.15) is 30.4 Å². The molecule has 0 amide bonds. The third-order valence-corrected chi connectivity index (χ3v) is 5.44. The van der Waals surface area contributed by atoms with Gasteiger partial charge in [-0.05, 0) is 69.6 Å². The molecular formula is C20H27FN6O. The van der Waals surface area contributed by atoms with Crippen molar-refractivity contribution in [3.8, 4) is 11.3 Å². The van der Waals surface area contributed by atoms with Crippen LogP contribution in [0.4, 0.5) is 16.2 Å². The van der Waals surface area contributed by atoms with Crippen LogP contribution in [0.15, 0.2) is 18.2 Å². The van der Waals surface area contributed by atoms with E-state index in [1.165, 1.54) is 38.1 Å². The second-order valence-electron chi connectivity index (χ2n) is 7.54. The van der Waals surface area contributed by atoms with Gasteiger partial charge < -0.3 is 20.5 Å². The van der Waals surface area contributed by atoms with Gasteiger partial charge in [0.1, 0.15) is 12.5 Å². The minimum absolute atomic E-state index is 0.0372. The van der Waals surface area contributed by atoms with Crippen LogP contribution in [0.3, 0.4) is 0 Å². The van der Waals surface area contributed by atoms with E-state index in [0.29, 0.717) is 24.0 Å². The molecule has 0 bridgehead atoms. The molecule has 4 rings (SSSR count). The van der Waals surface area contributed by atoms with Crippen molar-refractivity contribution in [2.24, 2.45) is 0 Å². The molecule has 0 aliphatic carbocycles. The number of hydroxylamine groups is 1. The summed E-state index contributed by atoms with van der Waals surface area (Å²) in [7, 11) is 0. The van der Waals surface area contributed by atoms with E-state index in [4.69, 9.17) is 4.98 Å². The highest BCUT2D eigenvalue weighted by Crippen LogP contribution is 2.30. The average Bonchev–Trinajstić information content (AvgIpc) is 3.19. The first-order valence-corrected chi connectivity index (χ1v) is 9.99. The number of quaternary nitrogens is 1. The first-order valence-electron chi connectivity index (χ1n) is 9.99. The summed E-state index contributed by atoms with van der Waals surface area (Å²) in [5.74, 6) is 0.655.